The molecule has 1 aromatic rings. The molecule has 3 rings (SSSR count). The lowest BCUT2D eigenvalue weighted by molar-refractivity contribution is -0.134. The summed E-state index contributed by atoms with van der Waals surface area (Å²) in [5, 5.41) is 8.83. The van der Waals surface area contributed by atoms with Crippen molar-refractivity contribution in [3.63, 3.8) is 0 Å². The van der Waals surface area contributed by atoms with Crippen molar-refractivity contribution in [2.24, 2.45) is 0 Å². The van der Waals surface area contributed by atoms with Crippen LogP contribution in [0.25, 0.3) is 0 Å². The molecule has 0 atom stereocenters. The average molecular weight is 395 g/mol. The van der Waals surface area contributed by atoms with Crippen LogP contribution in [0.2, 0.25) is 0 Å². The van der Waals surface area contributed by atoms with Gasteiger partial charge in [-0.15, -0.1) is 12.4 Å². The molecule has 4 amide bonds. The summed E-state index contributed by atoms with van der Waals surface area (Å²) in [6.07, 6.45) is 4.23. The molecule has 0 bridgehead atoms. The molecule has 1 spiro atoms. The maximum absolute atomic E-state index is 12.7. The van der Waals surface area contributed by atoms with Crippen LogP contribution in [-0.4, -0.2) is 41.4 Å². The van der Waals surface area contributed by atoms with Crippen molar-refractivity contribution in [1.82, 2.24) is 15.5 Å². The van der Waals surface area contributed by atoms with Gasteiger partial charge in [-0.25, -0.2) is 4.79 Å². The molecule has 148 valence electrons. The minimum Gasteiger partial charge on any atom is -0.325 e. The number of benzene rings is 1. The van der Waals surface area contributed by atoms with E-state index in [0.717, 1.165) is 42.8 Å². The van der Waals surface area contributed by atoms with Gasteiger partial charge in [-0.05, 0) is 37.1 Å². The van der Waals surface area contributed by atoms with Crippen LogP contribution in [0.5, 0.6) is 0 Å². The van der Waals surface area contributed by atoms with Crippen LogP contribution < -0.4 is 16.0 Å². The first kappa shape index (κ1) is 21.2. The quantitative estimate of drug-likeness (QED) is 0.646. The molecule has 27 heavy (non-hydrogen) atoms. The maximum Gasteiger partial charge on any atom is 0.325 e. The highest BCUT2D eigenvalue weighted by Gasteiger charge is 2.51. The number of nitrogens with one attached hydrogen (secondary N) is 3. The second kappa shape index (κ2) is 9.19. The Hall–Kier alpha value is -2.12. The van der Waals surface area contributed by atoms with Crippen molar-refractivity contribution < 1.29 is 14.4 Å². The number of nitrogens with zero attached hydrogens (tertiary/aromatic N) is 1. The lowest BCUT2D eigenvalue weighted by Crippen LogP contribution is -2.48. The Kier molecular flexibility index (Phi) is 7.21. The van der Waals surface area contributed by atoms with Crippen LogP contribution in [0.1, 0.15) is 44.6 Å². The van der Waals surface area contributed by atoms with Gasteiger partial charge in [0, 0.05) is 12.2 Å². The van der Waals surface area contributed by atoms with Crippen LogP contribution >= 0.6 is 12.4 Å². The highest BCUT2D eigenvalue weighted by atomic mass is 35.5. The van der Waals surface area contributed by atoms with Gasteiger partial charge in [-0.2, -0.15) is 0 Å². The lowest BCUT2D eigenvalue weighted by Gasteiger charge is -2.30. The third kappa shape index (κ3) is 4.78. The van der Waals surface area contributed by atoms with E-state index in [1.807, 2.05) is 25.1 Å². The minimum absolute atomic E-state index is 0. The summed E-state index contributed by atoms with van der Waals surface area (Å²) < 4.78 is 0. The zero-order valence-electron chi connectivity index (χ0n) is 15.5. The molecule has 7 nitrogen and oxygen atoms in total. The fourth-order valence-electron chi connectivity index (χ4n) is 3.69. The standard InChI is InChI=1S/C19H26N4O3.ClH/c1-2-20-12-14-7-6-8-15(11-14)21-16(24)13-23-17(25)19(22-18(23)26)9-4-3-5-10-19;/h6-8,11,20H,2-5,9-10,12-13H2,1H3,(H,21,24)(H,22,26);1H. The topological polar surface area (TPSA) is 90.5 Å². The van der Waals surface area contributed by atoms with Gasteiger partial charge in [0.25, 0.3) is 5.91 Å². The van der Waals surface area contributed by atoms with Crippen LogP contribution in [0.3, 0.4) is 0 Å². The zero-order chi connectivity index (χ0) is 18.6. The summed E-state index contributed by atoms with van der Waals surface area (Å²) in [6, 6.07) is 7.06. The first-order valence-electron chi connectivity index (χ1n) is 9.28. The summed E-state index contributed by atoms with van der Waals surface area (Å²) in [4.78, 5) is 38.3. The molecule has 2 fully saturated rings. The summed E-state index contributed by atoms with van der Waals surface area (Å²) in [6.45, 7) is 3.35. The SMILES string of the molecule is CCNCc1cccc(NC(=O)CN2C(=O)NC3(CCCCC3)C2=O)c1.Cl. The van der Waals surface area contributed by atoms with Gasteiger partial charge in [0.1, 0.15) is 12.1 Å². The lowest BCUT2D eigenvalue weighted by atomic mass is 9.82. The van der Waals surface area contributed by atoms with Gasteiger partial charge in [-0.1, -0.05) is 38.3 Å². The van der Waals surface area contributed by atoms with E-state index in [2.05, 4.69) is 16.0 Å². The Bertz CT molecular complexity index is 704. The number of carbonyl (C=O) groups excluding carboxylic acids is 3. The predicted octanol–water partition coefficient (Wildman–Crippen LogP) is 2.41. The summed E-state index contributed by atoms with van der Waals surface area (Å²) >= 11 is 0. The smallest absolute Gasteiger partial charge is 0.325 e. The van der Waals surface area contributed by atoms with E-state index in [4.69, 9.17) is 0 Å². The molecule has 1 saturated carbocycles. The fraction of sp³-hybridized carbons (Fsp3) is 0.526. The number of rotatable bonds is 6. The second-order valence-electron chi connectivity index (χ2n) is 6.99. The first-order chi connectivity index (χ1) is 12.5. The molecule has 0 aromatic heterocycles. The van der Waals surface area contributed by atoms with Crippen molar-refractivity contribution in [3.8, 4) is 0 Å². The number of carbonyl (C=O) groups is 3. The Labute approximate surface area is 165 Å². The summed E-state index contributed by atoms with van der Waals surface area (Å²) in [7, 11) is 0. The Balaban J connectivity index is 0.00000261. The normalized spacial score (nSPS) is 18.2. The van der Waals surface area contributed by atoms with E-state index < -0.39 is 11.6 Å². The molecule has 1 aliphatic heterocycles. The van der Waals surface area contributed by atoms with Crippen LogP contribution in [0, 0.1) is 0 Å². The third-order valence-corrected chi connectivity index (χ3v) is 5.04. The van der Waals surface area contributed by atoms with E-state index in [1.165, 1.54) is 0 Å². The molecule has 2 aliphatic rings. The molecular weight excluding hydrogens is 368 g/mol. The van der Waals surface area contributed by atoms with Gasteiger partial charge in [0.15, 0.2) is 0 Å². The van der Waals surface area contributed by atoms with Crippen molar-refractivity contribution in [2.75, 3.05) is 18.4 Å². The number of hydrogen-bond donors (Lipinski definition) is 3. The van der Waals surface area contributed by atoms with Crippen molar-refractivity contribution in [1.29, 1.82) is 0 Å². The molecule has 1 saturated heterocycles. The molecule has 3 N–H and O–H groups in total. The molecule has 0 radical (unpaired) electrons. The van der Waals surface area contributed by atoms with Gasteiger partial charge in [0.05, 0.1) is 0 Å². The van der Waals surface area contributed by atoms with Crippen molar-refractivity contribution in [2.45, 2.75) is 51.1 Å². The molecule has 0 unspecified atom stereocenters. The number of urea groups is 1. The second-order valence-corrected chi connectivity index (χ2v) is 6.99. The maximum atomic E-state index is 12.7. The Morgan fingerprint density at radius 1 is 1.22 bits per heavy atom. The summed E-state index contributed by atoms with van der Waals surface area (Å²) in [5.74, 6) is -0.639. The van der Waals surface area contributed by atoms with E-state index >= 15 is 0 Å². The van der Waals surface area contributed by atoms with Gasteiger partial charge < -0.3 is 16.0 Å². The minimum atomic E-state index is -0.790. The number of amides is 4. The van der Waals surface area contributed by atoms with E-state index in [9.17, 15) is 14.4 Å². The van der Waals surface area contributed by atoms with E-state index in [-0.39, 0.29) is 30.8 Å². The number of hydrogen-bond acceptors (Lipinski definition) is 4. The number of halogens is 1. The van der Waals surface area contributed by atoms with E-state index in [0.29, 0.717) is 18.5 Å². The molecule has 1 aromatic carbocycles. The van der Waals surface area contributed by atoms with E-state index in [1.54, 1.807) is 6.07 Å². The Morgan fingerprint density at radius 3 is 2.67 bits per heavy atom. The number of anilines is 1. The average Bonchev–Trinajstić information content (AvgIpc) is 2.85. The summed E-state index contributed by atoms with van der Waals surface area (Å²) in [5.41, 5.74) is 0.923. The van der Waals surface area contributed by atoms with Gasteiger partial charge in [0.2, 0.25) is 5.91 Å². The first-order valence-corrected chi connectivity index (χ1v) is 9.28. The third-order valence-electron chi connectivity index (χ3n) is 5.04. The van der Waals surface area contributed by atoms with Crippen LogP contribution in [0.15, 0.2) is 24.3 Å². The highest BCUT2D eigenvalue weighted by molar-refractivity contribution is 6.10. The molecule has 1 aliphatic carbocycles. The van der Waals surface area contributed by atoms with Gasteiger partial charge >= 0.3 is 6.03 Å². The highest BCUT2D eigenvalue weighted by Crippen LogP contribution is 2.33. The fourth-order valence-corrected chi connectivity index (χ4v) is 3.69. The monoisotopic (exact) mass is 394 g/mol. The zero-order valence-corrected chi connectivity index (χ0v) is 16.4. The van der Waals surface area contributed by atoms with Gasteiger partial charge in [-0.3, -0.25) is 14.5 Å². The molecule has 8 heteroatoms. The predicted molar refractivity (Wildman–Crippen MR) is 106 cm³/mol. The van der Waals surface area contributed by atoms with Crippen LogP contribution in [-0.2, 0) is 16.1 Å². The molecule has 1 heterocycles. The van der Waals surface area contributed by atoms with Crippen molar-refractivity contribution >= 4 is 35.9 Å². The Morgan fingerprint density at radius 2 is 1.96 bits per heavy atom. The van der Waals surface area contributed by atoms with Crippen molar-refractivity contribution in [3.05, 3.63) is 29.8 Å². The molecular formula is C19H27ClN4O3. The van der Waals surface area contributed by atoms with Crippen LogP contribution in [0.4, 0.5) is 10.5 Å². The number of imide groups is 1. The largest absolute Gasteiger partial charge is 0.325 e.